The van der Waals surface area contributed by atoms with Crippen LogP contribution in [-0.2, 0) is 6.54 Å². The Kier molecular flexibility index (Phi) is 4.49. The Labute approximate surface area is 109 Å². The lowest BCUT2D eigenvalue weighted by atomic mass is 10.5. The van der Waals surface area contributed by atoms with Gasteiger partial charge in [-0.2, -0.15) is 23.5 Å². The van der Waals surface area contributed by atoms with E-state index in [-0.39, 0.29) is 0 Å². The Morgan fingerprint density at radius 3 is 2.94 bits per heavy atom. The van der Waals surface area contributed by atoms with Gasteiger partial charge in [0.2, 0.25) is 0 Å². The molecule has 0 bridgehead atoms. The van der Waals surface area contributed by atoms with Crippen LogP contribution >= 0.6 is 23.5 Å². The number of aryl methyl sites for hydroxylation is 1. The molecule has 0 atom stereocenters. The molecule has 5 nitrogen and oxygen atoms in total. The van der Waals surface area contributed by atoms with Crippen LogP contribution in [0.1, 0.15) is 0 Å². The summed E-state index contributed by atoms with van der Waals surface area (Å²) in [4.78, 5) is 12.4. The number of hydrogen-bond acceptors (Lipinski definition) is 6. The third kappa shape index (κ3) is 3.04. The molecule has 0 aliphatic heterocycles. The molecule has 7 heteroatoms. The van der Waals surface area contributed by atoms with Gasteiger partial charge in [0.25, 0.3) is 0 Å². The maximum Gasteiger partial charge on any atom is 0.165 e. The lowest BCUT2D eigenvalue weighted by Crippen LogP contribution is -2.02. The van der Waals surface area contributed by atoms with Gasteiger partial charge in [0.05, 0.1) is 6.33 Å². The normalized spacial score (nSPS) is 11.1. The van der Waals surface area contributed by atoms with Crippen LogP contribution in [0.5, 0.6) is 0 Å². The van der Waals surface area contributed by atoms with Gasteiger partial charge in [0, 0.05) is 23.8 Å². The van der Waals surface area contributed by atoms with Crippen LogP contribution in [0, 0.1) is 0 Å². The van der Waals surface area contributed by atoms with Crippen molar-refractivity contribution in [2.45, 2.75) is 6.54 Å². The maximum absolute atomic E-state index is 5.73. The lowest BCUT2D eigenvalue weighted by Gasteiger charge is -2.03. The van der Waals surface area contributed by atoms with Gasteiger partial charge in [-0.25, -0.2) is 15.0 Å². The van der Waals surface area contributed by atoms with E-state index in [0.29, 0.717) is 11.3 Å². The van der Waals surface area contributed by atoms with E-state index >= 15 is 0 Å². The highest BCUT2D eigenvalue weighted by Crippen LogP contribution is 2.15. The second-order valence-electron chi connectivity index (χ2n) is 3.47. The van der Waals surface area contributed by atoms with Crippen molar-refractivity contribution in [3.8, 4) is 0 Å². The quantitative estimate of drug-likeness (QED) is 0.802. The molecule has 2 aromatic rings. The van der Waals surface area contributed by atoms with Crippen LogP contribution in [0.25, 0.3) is 11.2 Å². The minimum Gasteiger partial charge on any atom is -0.382 e. The van der Waals surface area contributed by atoms with Gasteiger partial charge in [-0.05, 0) is 6.26 Å². The number of thioether (sulfide) groups is 2. The average molecular weight is 269 g/mol. The molecule has 2 aromatic heterocycles. The number of anilines is 1. The highest BCUT2D eigenvalue weighted by Gasteiger charge is 2.06. The second kappa shape index (κ2) is 6.11. The Morgan fingerprint density at radius 1 is 1.24 bits per heavy atom. The number of imidazole rings is 1. The highest BCUT2D eigenvalue weighted by atomic mass is 32.2. The molecule has 2 rings (SSSR count). The van der Waals surface area contributed by atoms with E-state index in [0.717, 1.165) is 17.9 Å². The third-order valence-corrected chi connectivity index (χ3v) is 4.17. The van der Waals surface area contributed by atoms with E-state index in [1.54, 1.807) is 6.33 Å². The van der Waals surface area contributed by atoms with Crippen LogP contribution in [0.4, 0.5) is 5.82 Å². The van der Waals surface area contributed by atoms with Crippen molar-refractivity contribution in [1.29, 1.82) is 0 Å². The number of nitrogen functional groups attached to an aromatic ring is 1. The number of nitrogens with two attached hydrogens (primary N) is 1. The Morgan fingerprint density at radius 2 is 2.12 bits per heavy atom. The average Bonchev–Trinajstić information content (AvgIpc) is 2.74. The van der Waals surface area contributed by atoms with Gasteiger partial charge >= 0.3 is 0 Å². The zero-order chi connectivity index (χ0) is 12.1. The van der Waals surface area contributed by atoms with E-state index in [4.69, 9.17) is 5.73 Å². The molecular weight excluding hydrogens is 254 g/mol. The van der Waals surface area contributed by atoms with Crippen LogP contribution < -0.4 is 5.73 Å². The first-order valence-electron chi connectivity index (χ1n) is 5.31. The predicted molar refractivity (Wildman–Crippen MR) is 75.4 cm³/mol. The lowest BCUT2D eigenvalue weighted by molar-refractivity contribution is 0.786. The van der Waals surface area contributed by atoms with Crippen molar-refractivity contribution in [1.82, 2.24) is 19.5 Å². The van der Waals surface area contributed by atoms with Crippen molar-refractivity contribution in [2.24, 2.45) is 0 Å². The molecule has 0 unspecified atom stereocenters. The summed E-state index contributed by atoms with van der Waals surface area (Å²) in [5.74, 6) is 3.90. The van der Waals surface area contributed by atoms with Crippen molar-refractivity contribution < 1.29 is 0 Å². The molecule has 2 N–H and O–H groups in total. The number of nitrogens with zero attached hydrogens (tertiary/aromatic N) is 4. The molecule has 0 aromatic carbocycles. The minimum atomic E-state index is 0.448. The number of aromatic nitrogens is 4. The standard InChI is InChI=1S/C10H15N5S2/c1-16-4-5-17-3-2-15-7-14-8-9(11)12-6-13-10(8)15/h6-7H,2-5H2,1H3,(H2,11,12,13). The molecule has 0 aliphatic carbocycles. The molecule has 0 spiro atoms. The monoisotopic (exact) mass is 269 g/mol. The summed E-state index contributed by atoms with van der Waals surface area (Å²) in [7, 11) is 0. The van der Waals surface area contributed by atoms with Crippen LogP contribution in [0.2, 0.25) is 0 Å². The van der Waals surface area contributed by atoms with Crippen molar-refractivity contribution in [2.75, 3.05) is 29.2 Å². The first kappa shape index (κ1) is 12.5. The summed E-state index contributed by atoms with van der Waals surface area (Å²) in [5, 5.41) is 0. The number of rotatable bonds is 6. The van der Waals surface area contributed by atoms with Crippen LogP contribution in [0.3, 0.4) is 0 Å². The molecule has 0 saturated heterocycles. The molecule has 0 amide bonds. The predicted octanol–water partition coefficient (Wildman–Crippen LogP) is 1.50. The molecule has 92 valence electrons. The molecule has 0 aliphatic rings. The fourth-order valence-electron chi connectivity index (χ4n) is 1.47. The number of hydrogen-bond donors (Lipinski definition) is 1. The topological polar surface area (TPSA) is 69.6 Å². The Hall–Kier alpha value is -0.950. The molecular formula is C10H15N5S2. The Balaban J connectivity index is 1.97. The summed E-state index contributed by atoms with van der Waals surface area (Å²) < 4.78 is 2.03. The molecule has 2 heterocycles. The van der Waals surface area contributed by atoms with Gasteiger partial charge in [-0.1, -0.05) is 0 Å². The van der Waals surface area contributed by atoms with Crippen molar-refractivity contribution in [3.05, 3.63) is 12.7 Å². The zero-order valence-corrected chi connectivity index (χ0v) is 11.3. The van der Waals surface area contributed by atoms with Crippen molar-refractivity contribution in [3.63, 3.8) is 0 Å². The Bertz CT molecular complexity index is 485. The van der Waals surface area contributed by atoms with Gasteiger partial charge in [-0.15, -0.1) is 0 Å². The first-order chi connectivity index (χ1) is 8.33. The summed E-state index contributed by atoms with van der Waals surface area (Å²) >= 11 is 3.82. The van der Waals surface area contributed by atoms with Crippen LogP contribution in [0.15, 0.2) is 12.7 Å². The van der Waals surface area contributed by atoms with E-state index in [1.807, 2.05) is 28.1 Å². The van der Waals surface area contributed by atoms with E-state index in [2.05, 4.69) is 21.2 Å². The second-order valence-corrected chi connectivity index (χ2v) is 5.68. The maximum atomic E-state index is 5.73. The van der Waals surface area contributed by atoms with E-state index < -0.39 is 0 Å². The highest BCUT2D eigenvalue weighted by molar-refractivity contribution is 8.02. The fourth-order valence-corrected chi connectivity index (χ4v) is 3.14. The summed E-state index contributed by atoms with van der Waals surface area (Å²) in [6, 6.07) is 0. The van der Waals surface area contributed by atoms with Gasteiger partial charge in [-0.3, -0.25) is 0 Å². The first-order valence-corrected chi connectivity index (χ1v) is 7.85. The van der Waals surface area contributed by atoms with E-state index in [1.165, 1.54) is 17.8 Å². The smallest absolute Gasteiger partial charge is 0.165 e. The third-order valence-electron chi connectivity index (χ3n) is 2.34. The number of fused-ring (bicyclic) bond motifs is 1. The van der Waals surface area contributed by atoms with E-state index in [9.17, 15) is 0 Å². The van der Waals surface area contributed by atoms with Gasteiger partial charge in [0.15, 0.2) is 11.5 Å². The SMILES string of the molecule is CSCCSCCn1cnc2c(N)ncnc21. The molecule has 0 saturated carbocycles. The van der Waals surface area contributed by atoms with Crippen LogP contribution in [-0.4, -0.2) is 43.0 Å². The molecule has 0 fully saturated rings. The largest absolute Gasteiger partial charge is 0.382 e. The minimum absolute atomic E-state index is 0.448. The molecule has 17 heavy (non-hydrogen) atoms. The zero-order valence-electron chi connectivity index (χ0n) is 9.67. The summed E-state index contributed by atoms with van der Waals surface area (Å²) in [6.07, 6.45) is 5.39. The summed E-state index contributed by atoms with van der Waals surface area (Å²) in [5.41, 5.74) is 7.25. The molecule has 0 radical (unpaired) electrons. The fraction of sp³-hybridized carbons (Fsp3) is 0.500. The van der Waals surface area contributed by atoms with Gasteiger partial charge < -0.3 is 10.3 Å². The van der Waals surface area contributed by atoms with Gasteiger partial charge in [0.1, 0.15) is 11.8 Å². The summed E-state index contributed by atoms with van der Waals surface area (Å²) in [6.45, 7) is 0.909. The van der Waals surface area contributed by atoms with Crippen molar-refractivity contribution >= 4 is 40.5 Å².